The van der Waals surface area contributed by atoms with Gasteiger partial charge in [-0.25, -0.2) is 4.98 Å². The number of aromatic amines is 1. The topological polar surface area (TPSA) is 82.7 Å². The maximum absolute atomic E-state index is 11.7. The van der Waals surface area contributed by atoms with Crippen molar-refractivity contribution in [2.75, 3.05) is 10.6 Å². The number of aromatic nitrogens is 3. The number of halogens is 1. The molecule has 7 heteroatoms. The van der Waals surface area contributed by atoms with Gasteiger partial charge >= 0.3 is 0 Å². The highest BCUT2D eigenvalue weighted by Gasteiger charge is 2.29. The molecule has 0 radical (unpaired) electrons. The average molecular weight is 342 g/mol. The van der Waals surface area contributed by atoms with E-state index in [1.807, 2.05) is 30.3 Å². The second-order valence-electron chi connectivity index (χ2n) is 5.90. The van der Waals surface area contributed by atoms with Crippen molar-refractivity contribution in [1.82, 2.24) is 15.0 Å². The van der Waals surface area contributed by atoms with Crippen molar-refractivity contribution in [2.24, 2.45) is 5.92 Å². The number of carbonyl (C=O) groups excluding carboxylic acids is 1. The molecule has 3 N–H and O–H groups in total. The van der Waals surface area contributed by atoms with Gasteiger partial charge in [-0.2, -0.15) is 4.98 Å². The Hall–Kier alpha value is -2.60. The number of amides is 1. The largest absolute Gasteiger partial charge is 0.365 e. The first-order valence-corrected chi connectivity index (χ1v) is 8.21. The van der Waals surface area contributed by atoms with Crippen molar-refractivity contribution < 1.29 is 4.79 Å². The zero-order valence-electron chi connectivity index (χ0n) is 12.8. The molecule has 6 nitrogen and oxygen atoms in total. The van der Waals surface area contributed by atoms with Gasteiger partial charge < -0.3 is 15.6 Å². The predicted octanol–water partition coefficient (Wildman–Crippen LogP) is 3.57. The monoisotopic (exact) mass is 341 g/mol. The van der Waals surface area contributed by atoms with Crippen LogP contribution in [0.15, 0.2) is 36.5 Å². The first-order chi connectivity index (χ1) is 11.7. The third-order valence-electron chi connectivity index (χ3n) is 4.02. The first kappa shape index (κ1) is 15.0. The molecule has 1 amide bonds. The van der Waals surface area contributed by atoms with Crippen LogP contribution in [0.25, 0.3) is 11.0 Å². The van der Waals surface area contributed by atoms with Crippen LogP contribution in [0.4, 0.5) is 11.5 Å². The molecule has 1 aromatic carbocycles. The lowest BCUT2D eigenvalue weighted by atomic mass is 10.2. The Bertz CT molecular complexity index is 886. The third-order valence-corrected chi connectivity index (χ3v) is 4.19. The van der Waals surface area contributed by atoms with Crippen LogP contribution < -0.4 is 10.6 Å². The van der Waals surface area contributed by atoms with Crippen molar-refractivity contribution in [1.29, 1.82) is 0 Å². The molecule has 1 saturated carbocycles. The molecular formula is C17H16ClN5O. The summed E-state index contributed by atoms with van der Waals surface area (Å²) in [6.45, 7) is 0.602. The van der Waals surface area contributed by atoms with Crippen molar-refractivity contribution in [2.45, 2.75) is 19.4 Å². The normalized spacial score (nSPS) is 13.9. The molecule has 3 aromatic rings. The highest BCUT2D eigenvalue weighted by molar-refractivity contribution is 6.28. The Morgan fingerprint density at radius 2 is 2.00 bits per heavy atom. The van der Waals surface area contributed by atoms with E-state index < -0.39 is 0 Å². The fraction of sp³-hybridized carbons (Fsp3) is 0.235. The second-order valence-corrected chi connectivity index (χ2v) is 6.23. The molecule has 0 atom stereocenters. The number of hydrogen-bond donors (Lipinski definition) is 3. The number of rotatable bonds is 5. The van der Waals surface area contributed by atoms with Gasteiger partial charge in [-0.05, 0) is 48.2 Å². The minimum Gasteiger partial charge on any atom is -0.365 e. The van der Waals surface area contributed by atoms with Crippen LogP contribution in [-0.2, 0) is 11.3 Å². The van der Waals surface area contributed by atoms with Crippen molar-refractivity contribution >= 4 is 40.0 Å². The van der Waals surface area contributed by atoms with Gasteiger partial charge in [0.25, 0.3) is 0 Å². The number of nitrogens with zero attached hydrogens (tertiary/aromatic N) is 2. The van der Waals surface area contributed by atoms with Crippen LogP contribution in [0.2, 0.25) is 5.28 Å². The summed E-state index contributed by atoms with van der Waals surface area (Å²) in [7, 11) is 0. The molecule has 0 aliphatic heterocycles. The number of hydrogen-bond acceptors (Lipinski definition) is 4. The molecule has 0 unspecified atom stereocenters. The maximum atomic E-state index is 11.7. The maximum Gasteiger partial charge on any atom is 0.227 e. The molecule has 0 bridgehead atoms. The molecule has 0 saturated heterocycles. The molecule has 1 fully saturated rings. The van der Waals surface area contributed by atoms with Crippen molar-refractivity contribution in [3.05, 3.63) is 47.4 Å². The number of H-pyrrole nitrogens is 1. The van der Waals surface area contributed by atoms with E-state index in [0.717, 1.165) is 29.5 Å². The molecule has 122 valence electrons. The van der Waals surface area contributed by atoms with Gasteiger partial charge in [0.05, 0.1) is 5.39 Å². The first-order valence-electron chi connectivity index (χ1n) is 7.83. The van der Waals surface area contributed by atoms with Gasteiger partial charge in [0.15, 0.2) is 0 Å². The van der Waals surface area contributed by atoms with Gasteiger partial charge in [0, 0.05) is 24.3 Å². The number of anilines is 2. The second kappa shape index (κ2) is 6.13. The van der Waals surface area contributed by atoms with E-state index in [1.165, 1.54) is 0 Å². The lowest BCUT2D eigenvalue weighted by Crippen LogP contribution is -2.13. The molecule has 2 aromatic heterocycles. The quantitative estimate of drug-likeness (QED) is 0.619. The van der Waals surface area contributed by atoms with E-state index >= 15 is 0 Å². The van der Waals surface area contributed by atoms with Crippen molar-refractivity contribution in [3.8, 4) is 0 Å². The van der Waals surface area contributed by atoms with Gasteiger partial charge in [-0.15, -0.1) is 0 Å². The minimum atomic E-state index is 0.117. The van der Waals surface area contributed by atoms with Crippen LogP contribution >= 0.6 is 11.6 Å². The highest BCUT2D eigenvalue weighted by atomic mass is 35.5. The number of carbonyl (C=O) groups is 1. The van der Waals surface area contributed by atoms with E-state index in [0.29, 0.717) is 18.0 Å². The summed E-state index contributed by atoms with van der Waals surface area (Å²) in [5, 5.41) is 7.30. The lowest BCUT2D eigenvalue weighted by Gasteiger charge is -2.09. The lowest BCUT2D eigenvalue weighted by molar-refractivity contribution is -0.117. The Morgan fingerprint density at radius 3 is 2.75 bits per heavy atom. The Balaban J connectivity index is 1.43. The van der Waals surface area contributed by atoms with Crippen molar-refractivity contribution in [3.63, 3.8) is 0 Å². The smallest absolute Gasteiger partial charge is 0.227 e. The van der Waals surface area contributed by atoms with E-state index in [-0.39, 0.29) is 17.1 Å². The summed E-state index contributed by atoms with van der Waals surface area (Å²) < 4.78 is 0. The summed E-state index contributed by atoms with van der Waals surface area (Å²) in [6.07, 6.45) is 3.81. The molecular weight excluding hydrogens is 326 g/mol. The summed E-state index contributed by atoms with van der Waals surface area (Å²) in [4.78, 5) is 23.1. The summed E-state index contributed by atoms with van der Waals surface area (Å²) >= 11 is 5.94. The van der Waals surface area contributed by atoms with Crippen LogP contribution in [0.5, 0.6) is 0 Å². The SMILES string of the molecule is O=C(Nc1ccc(CNc2nc(Cl)nc3[nH]ccc23)cc1)C1CC1. The van der Waals surface area contributed by atoms with E-state index in [2.05, 4.69) is 25.6 Å². The predicted molar refractivity (Wildman–Crippen MR) is 94.0 cm³/mol. The fourth-order valence-corrected chi connectivity index (χ4v) is 2.70. The van der Waals surface area contributed by atoms with Crippen LogP contribution in [0.3, 0.4) is 0 Å². The summed E-state index contributed by atoms with van der Waals surface area (Å²) in [6, 6.07) is 9.69. The number of benzene rings is 1. The summed E-state index contributed by atoms with van der Waals surface area (Å²) in [5.74, 6) is 1.02. The minimum absolute atomic E-state index is 0.117. The van der Waals surface area contributed by atoms with Gasteiger partial charge in [-0.1, -0.05) is 12.1 Å². The zero-order valence-corrected chi connectivity index (χ0v) is 13.6. The molecule has 1 aliphatic rings. The Morgan fingerprint density at radius 1 is 1.21 bits per heavy atom. The molecule has 2 heterocycles. The number of fused-ring (bicyclic) bond motifs is 1. The highest BCUT2D eigenvalue weighted by Crippen LogP contribution is 2.30. The van der Waals surface area contributed by atoms with E-state index in [1.54, 1.807) is 6.20 Å². The zero-order chi connectivity index (χ0) is 16.5. The molecule has 24 heavy (non-hydrogen) atoms. The third kappa shape index (κ3) is 3.19. The number of nitrogens with one attached hydrogen (secondary N) is 3. The van der Waals surface area contributed by atoms with Gasteiger partial charge in [0.2, 0.25) is 11.2 Å². The summed E-state index contributed by atoms with van der Waals surface area (Å²) in [5.41, 5.74) is 2.61. The Kier molecular flexibility index (Phi) is 3.82. The van der Waals surface area contributed by atoms with Crippen LogP contribution in [0, 0.1) is 5.92 Å². The average Bonchev–Trinajstić information content (AvgIpc) is 3.33. The van der Waals surface area contributed by atoms with Gasteiger partial charge in [0.1, 0.15) is 11.5 Å². The standard InChI is InChI=1S/C17H16ClN5O/c18-17-22-14-13(7-8-19-14)15(23-17)20-9-10-1-5-12(6-2-10)21-16(24)11-3-4-11/h1-2,5-8,11H,3-4,9H2,(H,21,24)(H2,19,20,22,23). The molecule has 4 rings (SSSR count). The van der Waals surface area contributed by atoms with Gasteiger partial charge in [-0.3, -0.25) is 4.79 Å². The van der Waals surface area contributed by atoms with Crippen LogP contribution in [-0.4, -0.2) is 20.9 Å². The van der Waals surface area contributed by atoms with E-state index in [9.17, 15) is 4.79 Å². The van der Waals surface area contributed by atoms with E-state index in [4.69, 9.17) is 11.6 Å². The Labute approximate surface area is 143 Å². The molecule has 1 aliphatic carbocycles. The molecule has 0 spiro atoms. The van der Waals surface area contributed by atoms with Crippen LogP contribution in [0.1, 0.15) is 18.4 Å². The fourth-order valence-electron chi connectivity index (χ4n) is 2.53.